The molecule has 0 aromatic carbocycles. The monoisotopic (exact) mass is 313 g/mol. The zero-order valence-electron chi connectivity index (χ0n) is 9.58. The van der Waals surface area contributed by atoms with Crippen LogP contribution in [0.15, 0.2) is 16.7 Å². The molecule has 0 amide bonds. The Balaban J connectivity index is 2.12. The fourth-order valence-corrected chi connectivity index (χ4v) is 2.58. The van der Waals surface area contributed by atoms with Gasteiger partial charge < -0.3 is 4.57 Å². The van der Waals surface area contributed by atoms with E-state index in [1.807, 2.05) is 12.3 Å². The Morgan fingerprint density at radius 2 is 2.29 bits per heavy atom. The van der Waals surface area contributed by atoms with Crippen LogP contribution in [0.25, 0.3) is 11.2 Å². The van der Waals surface area contributed by atoms with E-state index >= 15 is 0 Å². The average Bonchev–Trinajstić information content (AvgIpc) is 2.92. The predicted octanol–water partition coefficient (Wildman–Crippen LogP) is 3.73. The molecule has 3 nitrogen and oxygen atoms in total. The summed E-state index contributed by atoms with van der Waals surface area (Å²) in [6.45, 7) is 3.27. The SMILES string of the molecule is CC1(Cn2c(CCl)nc3cc(Br)cnc32)CC1. The van der Waals surface area contributed by atoms with Crippen molar-refractivity contribution in [3.63, 3.8) is 0 Å². The Morgan fingerprint density at radius 1 is 1.53 bits per heavy atom. The molecule has 0 N–H and O–H groups in total. The summed E-state index contributed by atoms with van der Waals surface area (Å²) in [5, 5.41) is 0. The van der Waals surface area contributed by atoms with Crippen LogP contribution in [0.2, 0.25) is 0 Å². The highest BCUT2D eigenvalue weighted by atomic mass is 79.9. The quantitative estimate of drug-likeness (QED) is 0.808. The summed E-state index contributed by atoms with van der Waals surface area (Å²) in [6, 6.07) is 1.99. The van der Waals surface area contributed by atoms with Crippen LogP contribution in [0.4, 0.5) is 0 Å². The van der Waals surface area contributed by atoms with Crippen LogP contribution in [0.5, 0.6) is 0 Å². The van der Waals surface area contributed by atoms with Crippen molar-refractivity contribution in [3.05, 3.63) is 22.6 Å². The number of pyridine rings is 1. The highest BCUT2D eigenvalue weighted by molar-refractivity contribution is 9.10. The first-order valence-corrected chi connectivity index (χ1v) is 7.01. The standard InChI is InChI=1S/C12H13BrClN3/c1-12(2-3-12)7-17-10(5-14)16-9-4-8(13)6-15-11(9)17/h4,6H,2-3,5,7H2,1H3. The molecule has 3 rings (SSSR count). The van der Waals surface area contributed by atoms with Crippen LogP contribution in [-0.4, -0.2) is 14.5 Å². The van der Waals surface area contributed by atoms with Crippen molar-refractivity contribution in [1.82, 2.24) is 14.5 Å². The van der Waals surface area contributed by atoms with Gasteiger partial charge in [-0.05, 0) is 40.3 Å². The molecule has 1 aliphatic rings. The number of alkyl halides is 1. The van der Waals surface area contributed by atoms with E-state index in [2.05, 4.69) is 37.4 Å². The van der Waals surface area contributed by atoms with E-state index in [4.69, 9.17) is 11.6 Å². The molecule has 0 aliphatic heterocycles. The van der Waals surface area contributed by atoms with Gasteiger partial charge >= 0.3 is 0 Å². The molecule has 0 bridgehead atoms. The van der Waals surface area contributed by atoms with Gasteiger partial charge in [-0.2, -0.15) is 0 Å². The summed E-state index contributed by atoms with van der Waals surface area (Å²) in [5.74, 6) is 1.35. The smallest absolute Gasteiger partial charge is 0.160 e. The third kappa shape index (κ3) is 2.08. The molecule has 5 heteroatoms. The van der Waals surface area contributed by atoms with E-state index in [0.717, 1.165) is 28.0 Å². The van der Waals surface area contributed by atoms with Gasteiger partial charge in [0.15, 0.2) is 5.65 Å². The summed E-state index contributed by atoms with van der Waals surface area (Å²) >= 11 is 9.39. The van der Waals surface area contributed by atoms with Crippen molar-refractivity contribution in [2.45, 2.75) is 32.2 Å². The summed E-state index contributed by atoms with van der Waals surface area (Å²) < 4.78 is 3.12. The minimum Gasteiger partial charge on any atom is -0.311 e. The first kappa shape index (κ1) is 11.5. The molecule has 0 spiro atoms. The number of imidazole rings is 1. The molecule has 90 valence electrons. The molecule has 1 fully saturated rings. The zero-order chi connectivity index (χ0) is 12.0. The van der Waals surface area contributed by atoms with E-state index in [0.29, 0.717) is 11.3 Å². The molecule has 17 heavy (non-hydrogen) atoms. The lowest BCUT2D eigenvalue weighted by molar-refractivity contribution is 0.463. The lowest BCUT2D eigenvalue weighted by Crippen LogP contribution is -2.11. The summed E-state index contributed by atoms with van der Waals surface area (Å²) in [4.78, 5) is 9.00. The first-order chi connectivity index (χ1) is 8.11. The second-order valence-electron chi connectivity index (χ2n) is 5.05. The molecule has 0 unspecified atom stereocenters. The number of nitrogens with zero attached hydrogens (tertiary/aromatic N) is 3. The molecule has 0 saturated heterocycles. The first-order valence-electron chi connectivity index (χ1n) is 5.68. The Morgan fingerprint density at radius 3 is 2.94 bits per heavy atom. The lowest BCUT2D eigenvalue weighted by atomic mass is 10.1. The average molecular weight is 315 g/mol. The number of halogens is 2. The fourth-order valence-electron chi connectivity index (χ4n) is 2.05. The highest BCUT2D eigenvalue weighted by Crippen LogP contribution is 2.47. The maximum atomic E-state index is 5.97. The Bertz CT molecular complexity index is 574. The van der Waals surface area contributed by atoms with Crippen molar-refractivity contribution >= 4 is 38.7 Å². The third-order valence-electron chi connectivity index (χ3n) is 3.39. The Labute approximate surface area is 113 Å². The van der Waals surface area contributed by atoms with Crippen molar-refractivity contribution < 1.29 is 0 Å². The van der Waals surface area contributed by atoms with E-state index in [9.17, 15) is 0 Å². The van der Waals surface area contributed by atoms with Crippen LogP contribution in [0.1, 0.15) is 25.6 Å². The number of aromatic nitrogens is 3. The van der Waals surface area contributed by atoms with Crippen LogP contribution >= 0.6 is 27.5 Å². The van der Waals surface area contributed by atoms with Crippen molar-refractivity contribution in [2.75, 3.05) is 0 Å². The largest absolute Gasteiger partial charge is 0.311 e. The minimum atomic E-state index is 0.420. The van der Waals surface area contributed by atoms with Gasteiger partial charge in [-0.15, -0.1) is 11.6 Å². The van der Waals surface area contributed by atoms with Gasteiger partial charge in [0, 0.05) is 17.2 Å². The zero-order valence-corrected chi connectivity index (χ0v) is 11.9. The van der Waals surface area contributed by atoms with Crippen molar-refractivity contribution in [1.29, 1.82) is 0 Å². The lowest BCUT2D eigenvalue weighted by Gasteiger charge is -2.12. The second kappa shape index (κ2) is 3.95. The van der Waals surface area contributed by atoms with E-state index < -0.39 is 0 Å². The van der Waals surface area contributed by atoms with Gasteiger partial charge in [-0.3, -0.25) is 0 Å². The van der Waals surface area contributed by atoms with Crippen LogP contribution in [-0.2, 0) is 12.4 Å². The highest BCUT2D eigenvalue weighted by Gasteiger charge is 2.38. The molecular formula is C12H13BrClN3. The van der Waals surface area contributed by atoms with Gasteiger partial charge in [0.25, 0.3) is 0 Å². The number of hydrogen-bond acceptors (Lipinski definition) is 2. The van der Waals surface area contributed by atoms with Crippen LogP contribution < -0.4 is 0 Å². The van der Waals surface area contributed by atoms with Gasteiger partial charge in [0.05, 0.1) is 5.88 Å². The molecule has 2 heterocycles. The number of rotatable bonds is 3. The molecule has 2 aromatic rings. The van der Waals surface area contributed by atoms with Crippen LogP contribution in [0.3, 0.4) is 0 Å². The predicted molar refractivity (Wildman–Crippen MR) is 72.1 cm³/mol. The maximum absolute atomic E-state index is 5.97. The molecule has 1 aliphatic carbocycles. The summed E-state index contributed by atoms with van der Waals surface area (Å²) in [6.07, 6.45) is 4.38. The topological polar surface area (TPSA) is 30.7 Å². The number of hydrogen-bond donors (Lipinski definition) is 0. The van der Waals surface area contributed by atoms with E-state index in [1.165, 1.54) is 12.8 Å². The molecular weight excluding hydrogens is 302 g/mol. The normalized spacial score (nSPS) is 17.6. The second-order valence-corrected chi connectivity index (χ2v) is 6.24. The summed E-state index contributed by atoms with van der Waals surface area (Å²) in [7, 11) is 0. The fraction of sp³-hybridized carbons (Fsp3) is 0.500. The van der Waals surface area contributed by atoms with E-state index in [-0.39, 0.29) is 0 Å². The summed E-state index contributed by atoms with van der Waals surface area (Å²) in [5.41, 5.74) is 2.28. The van der Waals surface area contributed by atoms with Crippen LogP contribution in [0, 0.1) is 5.41 Å². The Kier molecular flexibility index (Phi) is 2.67. The maximum Gasteiger partial charge on any atom is 0.160 e. The van der Waals surface area contributed by atoms with E-state index in [1.54, 1.807) is 0 Å². The molecule has 0 atom stereocenters. The van der Waals surface area contributed by atoms with Gasteiger partial charge in [0.1, 0.15) is 11.3 Å². The third-order valence-corrected chi connectivity index (χ3v) is 4.07. The van der Waals surface area contributed by atoms with Crippen molar-refractivity contribution in [2.24, 2.45) is 5.41 Å². The van der Waals surface area contributed by atoms with Crippen molar-refractivity contribution in [3.8, 4) is 0 Å². The molecule has 1 saturated carbocycles. The Hall–Kier alpha value is -0.610. The minimum absolute atomic E-state index is 0.420. The van der Waals surface area contributed by atoms with Gasteiger partial charge in [-0.1, -0.05) is 6.92 Å². The number of fused-ring (bicyclic) bond motifs is 1. The van der Waals surface area contributed by atoms with Gasteiger partial charge in [-0.25, -0.2) is 9.97 Å². The molecule has 0 radical (unpaired) electrons. The van der Waals surface area contributed by atoms with Gasteiger partial charge in [0.2, 0.25) is 0 Å². The molecule has 2 aromatic heterocycles.